The van der Waals surface area contributed by atoms with Crippen LogP contribution in [0.1, 0.15) is 11.1 Å². The Morgan fingerprint density at radius 1 is 1.09 bits per heavy atom. The van der Waals surface area contributed by atoms with E-state index in [4.69, 9.17) is 32.7 Å². The second kappa shape index (κ2) is 10.7. The molecule has 0 aliphatic rings. The number of halogens is 3. The van der Waals surface area contributed by atoms with Crippen LogP contribution in [-0.2, 0) is 11.4 Å². The molecule has 3 aromatic rings. The molecule has 0 spiro atoms. The number of methoxy groups -OCH3 is 1. The van der Waals surface area contributed by atoms with Gasteiger partial charge in [-0.05, 0) is 54.1 Å². The van der Waals surface area contributed by atoms with Crippen molar-refractivity contribution in [1.29, 1.82) is 5.26 Å². The minimum atomic E-state index is -0.619. The summed E-state index contributed by atoms with van der Waals surface area (Å²) in [6.07, 6.45) is 1.41. The number of hydrogen-bond acceptors (Lipinski definition) is 4. The Labute approximate surface area is 194 Å². The molecule has 3 aromatic carbocycles. The number of benzene rings is 3. The fourth-order valence-electron chi connectivity index (χ4n) is 2.70. The summed E-state index contributed by atoms with van der Waals surface area (Å²) in [5.74, 6) is -0.0321. The molecular weight excluding hydrogens is 454 g/mol. The number of anilines is 1. The number of hydrogen-bond donors (Lipinski definition) is 1. The molecule has 0 aromatic heterocycles. The first-order valence-corrected chi connectivity index (χ1v) is 10.1. The number of amides is 1. The Bertz CT molecular complexity index is 1200. The lowest BCUT2D eigenvalue weighted by atomic mass is 10.1. The molecular formula is C24H17Cl2FN2O3. The molecule has 32 heavy (non-hydrogen) atoms. The Morgan fingerprint density at radius 3 is 2.50 bits per heavy atom. The highest BCUT2D eigenvalue weighted by Crippen LogP contribution is 2.29. The maximum absolute atomic E-state index is 13.1. The van der Waals surface area contributed by atoms with Crippen molar-refractivity contribution in [3.63, 3.8) is 0 Å². The first-order valence-electron chi connectivity index (χ1n) is 9.33. The molecule has 0 saturated heterocycles. The van der Waals surface area contributed by atoms with Crippen LogP contribution in [0, 0.1) is 17.1 Å². The summed E-state index contributed by atoms with van der Waals surface area (Å²) in [5, 5.41) is 12.8. The lowest BCUT2D eigenvalue weighted by Gasteiger charge is -2.12. The summed E-state index contributed by atoms with van der Waals surface area (Å²) in [7, 11) is 1.51. The maximum Gasteiger partial charge on any atom is 0.266 e. The lowest BCUT2D eigenvalue weighted by Crippen LogP contribution is -2.13. The van der Waals surface area contributed by atoms with Crippen LogP contribution in [0.2, 0.25) is 10.0 Å². The minimum Gasteiger partial charge on any atom is -0.497 e. The molecule has 0 saturated carbocycles. The van der Waals surface area contributed by atoms with E-state index in [0.29, 0.717) is 27.8 Å². The molecule has 5 nitrogen and oxygen atoms in total. The SMILES string of the molecule is COc1ccc(/C=C(\C#N)C(=O)Nc2ccc(Cl)c(Cl)c2)c(OCc2ccc(F)cc2)c1. The zero-order valence-electron chi connectivity index (χ0n) is 16.9. The van der Waals surface area contributed by atoms with Crippen LogP contribution >= 0.6 is 23.2 Å². The normalized spacial score (nSPS) is 10.9. The Kier molecular flexibility index (Phi) is 7.72. The predicted octanol–water partition coefficient (Wildman–Crippen LogP) is 6.27. The van der Waals surface area contributed by atoms with Gasteiger partial charge in [0.2, 0.25) is 0 Å². The zero-order chi connectivity index (χ0) is 23.1. The van der Waals surface area contributed by atoms with Gasteiger partial charge in [0.1, 0.15) is 35.6 Å². The van der Waals surface area contributed by atoms with E-state index in [2.05, 4.69) is 5.32 Å². The van der Waals surface area contributed by atoms with Crippen LogP contribution in [0.4, 0.5) is 10.1 Å². The van der Waals surface area contributed by atoms with Gasteiger partial charge in [0.25, 0.3) is 5.91 Å². The third kappa shape index (κ3) is 6.01. The molecule has 0 fully saturated rings. The number of nitrogens with zero attached hydrogens (tertiary/aromatic N) is 1. The monoisotopic (exact) mass is 470 g/mol. The number of nitriles is 1. The molecule has 0 radical (unpaired) electrons. The Balaban J connectivity index is 1.85. The van der Waals surface area contributed by atoms with Crippen LogP contribution in [0.15, 0.2) is 66.2 Å². The lowest BCUT2D eigenvalue weighted by molar-refractivity contribution is -0.112. The summed E-state index contributed by atoms with van der Waals surface area (Å²) in [5.41, 5.74) is 1.50. The first-order chi connectivity index (χ1) is 15.4. The van der Waals surface area contributed by atoms with Gasteiger partial charge < -0.3 is 14.8 Å². The first kappa shape index (κ1) is 23.1. The molecule has 162 valence electrons. The van der Waals surface area contributed by atoms with Crippen LogP contribution in [0.25, 0.3) is 6.08 Å². The van der Waals surface area contributed by atoms with Gasteiger partial charge in [0.15, 0.2) is 0 Å². The Hall–Kier alpha value is -3.53. The highest BCUT2D eigenvalue weighted by atomic mass is 35.5. The average Bonchev–Trinajstić information content (AvgIpc) is 2.79. The quantitative estimate of drug-likeness (QED) is 0.326. The molecule has 8 heteroatoms. The van der Waals surface area contributed by atoms with E-state index in [-0.39, 0.29) is 23.0 Å². The highest BCUT2D eigenvalue weighted by Gasteiger charge is 2.13. The summed E-state index contributed by atoms with van der Waals surface area (Å²) < 4.78 is 24.2. The second-order valence-corrected chi connectivity index (χ2v) is 7.39. The molecule has 1 amide bonds. The van der Waals surface area contributed by atoms with Crippen molar-refractivity contribution in [2.24, 2.45) is 0 Å². The smallest absolute Gasteiger partial charge is 0.266 e. The van der Waals surface area contributed by atoms with E-state index < -0.39 is 5.91 Å². The molecule has 0 aliphatic carbocycles. The standard InChI is InChI=1S/C24H17Cl2FN2O3/c1-31-20-8-4-16(23(12-20)32-14-15-2-5-18(27)6-3-15)10-17(13-28)24(30)29-19-7-9-21(25)22(26)11-19/h2-12H,14H2,1H3,(H,29,30)/b17-10+. The predicted molar refractivity (Wildman–Crippen MR) is 122 cm³/mol. The summed E-state index contributed by atoms with van der Waals surface area (Å²) in [6, 6.07) is 17.4. The second-order valence-electron chi connectivity index (χ2n) is 6.57. The summed E-state index contributed by atoms with van der Waals surface area (Å²) in [4.78, 5) is 12.6. The summed E-state index contributed by atoms with van der Waals surface area (Å²) >= 11 is 11.9. The van der Waals surface area contributed by atoms with Gasteiger partial charge in [0.05, 0.1) is 17.2 Å². The number of ether oxygens (including phenoxy) is 2. The average molecular weight is 471 g/mol. The van der Waals surface area contributed by atoms with Crippen molar-refractivity contribution in [2.45, 2.75) is 6.61 Å². The van der Waals surface area contributed by atoms with Crippen LogP contribution in [0.5, 0.6) is 11.5 Å². The number of nitrogens with one attached hydrogen (secondary N) is 1. The van der Waals surface area contributed by atoms with Crippen LogP contribution < -0.4 is 14.8 Å². The minimum absolute atomic E-state index is 0.145. The van der Waals surface area contributed by atoms with Gasteiger partial charge in [-0.1, -0.05) is 35.3 Å². The van der Waals surface area contributed by atoms with Crippen LogP contribution in [-0.4, -0.2) is 13.0 Å². The van der Waals surface area contributed by atoms with E-state index in [0.717, 1.165) is 5.56 Å². The molecule has 0 aliphatic heterocycles. The zero-order valence-corrected chi connectivity index (χ0v) is 18.4. The van der Waals surface area contributed by atoms with Crippen molar-refractivity contribution in [1.82, 2.24) is 0 Å². The molecule has 1 N–H and O–H groups in total. The van der Waals surface area contributed by atoms with Gasteiger partial charge >= 0.3 is 0 Å². The van der Waals surface area contributed by atoms with E-state index in [1.807, 2.05) is 6.07 Å². The third-order valence-corrected chi connectivity index (χ3v) is 5.11. The largest absolute Gasteiger partial charge is 0.497 e. The molecule has 0 bridgehead atoms. The van der Waals surface area contributed by atoms with Gasteiger partial charge in [-0.3, -0.25) is 4.79 Å². The van der Waals surface area contributed by atoms with E-state index in [1.54, 1.807) is 42.5 Å². The number of rotatable bonds is 7. The number of carbonyl (C=O) groups is 1. The van der Waals surface area contributed by atoms with E-state index in [9.17, 15) is 14.4 Å². The topological polar surface area (TPSA) is 71.3 Å². The molecule has 0 heterocycles. The van der Waals surface area contributed by atoms with Crippen molar-refractivity contribution >= 4 is 40.9 Å². The van der Waals surface area contributed by atoms with Gasteiger partial charge in [-0.2, -0.15) is 5.26 Å². The highest BCUT2D eigenvalue weighted by molar-refractivity contribution is 6.42. The fourth-order valence-corrected chi connectivity index (χ4v) is 3.00. The van der Waals surface area contributed by atoms with Crippen molar-refractivity contribution in [3.8, 4) is 17.6 Å². The Morgan fingerprint density at radius 2 is 1.84 bits per heavy atom. The molecule has 0 unspecified atom stereocenters. The number of carbonyl (C=O) groups excluding carboxylic acids is 1. The fraction of sp³-hybridized carbons (Fsp3) is 0.0833. The third-order valence-electron chi connectivity index (χ3n) is 4.37. The van der Waals surface area contributed by atoms with E-state index >= 15 is 0 Å². The van der Waals surface area contributed by atoms with Crippen LogP contribution in [0.3, 0.4) is 0 Å². The van der Waals surface area contributed by atoms with Crippen molar-refractivity contribution < 1.29 is 18.7 Å². The van der Waals surface area contributed by atoms with Gasteiger partial charge in [-0.25, -0.2) is 4.39 Å². The molecule has 3 rings (SSSR count). The van der Waals surface area contributed by atoms with Crippen molar-refractivity contribution in [3.05, 3.63) is 93.2 Å². The van der Waals surface area contributed by atoms with E-state index in [1.165, 1.54) is 31.4 Å². The van der Waals surface area contributed by atoms with Crippen molar-refractivity contribution in [2.75, 3.05) is 12.4 Å². The molecule has 0 atom stereocenters. The maximum atomic E-state index is 13.1. The van der Waals surface area contributed by atoms with Gasteiger partial charge in [0, 0.05) is 17.3 Å². The van der Waals surface area contributed by atoms with Gasteiger partial charge in [-0.15, -0.1) is 0 Å². The summed E-state index contributed by atoms with van der Waals surface area (Å²) in [6.45, 7) is 0.158.